The summed E-state index contributed by atoms with van der Waals surface area (Å²) in [4.78, 5) is 2.71. The third kappa shape index (κ3) is 5.91. The highest BCUT2D eigenvalue weighted by Crippen LogP contribution is 2.65. The third-order valence-corrected chi connectivity index (χ3v) is 21.8. The van der Waals surface area contributed by atoms with Gasteiger partial charge in [0, 0.05) is 9.81 Å². The van der Waals surface area contributed by atoms with Crippen LogP contribution in [0.15, 0.2) is 81.1 Å². The lowest BCUT2D eigenvalue weighted by atomic mass is 9.99. The molecule has 12 heteroatoms. The Bertz CT molecular complexity index is 1360. The minimum atomic E-state index is 1.31. The average molecular weight is 717 g/mol. The summed E-state index contributed by atoms with van der Waals surface area (Å²) in [6.45, 7) is 0. The number of hydrogen-bond donors (Lipinski definition) is 0. The monoisotopic (exact) mass is 716 g/mol. The molecular formula is C26H20S12. The van der Waals surface area contributed by atoms with Crippen molar-refractivity contribution >= 4 is 162 Å². The summed E-state index contributed by atoms with van der Waals surface area (Å²) in [6, 6.07) is 13.5. The van der Waals surface area contributed by atoms with Crippen LogP contribution in [0.25, 0.3) is 20.6 Å². The lowest BCUT2D eigenvalue weighted by Gasteiger charge is -2.13. The van der Waals surface area contributed by atoms with Crippen LogP contribution < -0.4 is 0 Å². The molecule has 0 amide bonds. The van der Waals surface area contributed by atoms with E-state index in [1.54, 1.807) is 0 Å². The van der Waals surface area contributed by atoms with Crippen LogP contribution in [0.2, 0.25) is 0 Å². The van der Waals surface area contributed by atoms with Crippen LogP contribution in [0.1, 0.15) is 11.1 Å². The summed E-state index contributed by atoms with van der Waals surface area (Å²) in [5, 5.41) is 7.39. The van der Waals surface area contributed by atoms with Gasteiger partial charge >= 0.3 is 0 Å². The predicted molar refractivity (Wildman–Crippen MR) is 203 cm³/mol. The highest BCUT2D eigenvalue weighted by molar-refractivity contribution is 8.43. The third-order valence-electron chi connectivity index (χ3n) is 5.54. The number of hydrogen-bond acceptors (Lipinski definition) is 12. The largest absolute Gasteiger partial charge is 0.121 e. The smallest absolute Gasteiger partial charge is 0.0717 e. The molecule has 0 unspecified atom stereocenters. The van der Waals surface area contributed by atoms with E-state index in [0.717, 1.165) is 0 Å². The van der Waals surface area contributed by atoms with E-state index in [-0.39, 0.29) is 0 Å². The first kappa shape index (κ1) is 29.4. The second kappa shape index (κ2) is 13.3. The van der Waals surface area contributed by atoms with Crippen molar-refractivity contribution in [2.24, 2.45) is 0 Å². The number of benzene rings is 2. The highest BCUT2D eigenvalue weighted by atomic mass is 32.3. The van der Waals surface area contributed by atoms with E-state index >= 15 is 0 Å². The first-order chi connectivity index (χ1) is 18.6. The Morgan fingerprint density at radius 1 is 0.474 bits per heavy atom. The van der Waals surface area contributed by atoms with Gasteiger partial charge in [-0.05, 0) is 57.7 Å². The fourth-order valence-electron chi connectivity index (χ4n) is 3.89. The molecule has 0 saturated heterocycles. The van der Waals surface area contributed by atoms with Gasteiger partial charge in [0.1, 0.15) is 0 Å². The first-order valence-electron chi connectivity index (χ1n) is 11.1. The zero-order valence-electron chi connectivity index (χ0n) is 20.5. The fraction of sp³-hybridized carbons (Fsp3) is 0.154. The van der Waals surface area contributed by atoms with Gasteiger partial charge in [-0.15, -0.1) is 47.0 Å². The molecule has 0 fully saturated rings. The maximum Gasteiger partial charge on any atom is 0.0717 e. The molecule has 4 aliphatic heterocycles. The van der Waals surface area contributed by atoms with Crippen LogP contribution >= 0.6 is 141 Å². The Morgan fingerprint density at radius 2 is 0.868 bits per heavy atom. The van der Waals surface area contributed by atoms with Gasteiger partial charge in [0.05, 0.1) is 33.9 Å². The Labute approximate surface area is 275 Å². The standard InChI is InChI=1S/C26H20S12/c1-27-19-20(28-2)36-25(35-19)23-31-11-16(33-23)14-9-5-7-13-8-6-10-15(18(13)14)17-12-32-24(34-17)26-37-21(29-3)22(30-4)38-26/h5-12H,1-4H3. The summed E-state index contributed by atoms with van der Waals surface area (Å²) in [7, 11) is 0. The van der Waals surface area contributed by atoms with Crippen molar-refractivity contribution in [3.05, 3.63) is 92.2 Å². The predicted octanol–water partition coefficient (Wildman–Crippen LogP) is 13.3. The lowest BCUT2D eigenvalue weighted by Crippen LogP contribution is -1.88. The Balaban J connectivity index is 1.29. The summed E-state index contributed by atoms with van der Waals surface area (Å²) in [6.07, 6.45) is 8.73. The van der Waals surface area contributed by atoms with Crippen molar-refractivity contribution in [2.75, 3.05) is 25.0 Å². The maximum absolute atomic E-state index is 2.36. The molecule has 38 heavy (non-hydrogen) atoms. The van der Waals surface area contributed by atoms with Gasteiger partial charge in [0.15, 0.2) is 0 Å². The van der Waals surface area contributed by atoms with E-state index < -0.39 is 0 Å². The van der Waals surface area contributed by atoms with Gasteiger partial charge in [-0.2, -0.15) is 0 Å². The maximum atomic E-state index is 2.36. The van der Waals surface area contributed by atoms with E-state index in [0.29, 0.717) is 0 Å². The van der Waals surface area contributed by atoms with Gasteiger partial charge in [0.25, 0.3) is 0 Å². The van der Waals surface area contributed by atoms with Crippen molar-refractivity contribution in [3.63, 3.8) is 0 Å². The van der Waals surface area contributed by atoms with Gasteiger partial charge in [-0.3, -0.25) is 0 Å². The molecule has 0 saturated carbocycles. The molecule has 0 atom stereocenters. The molecule has 196 valence electrons. The van der Waals surface area contributed by atoms with Crippen LogP contribution in [0.5, 0.6) is 0 Å². The second-order valence-corrected chi connectivity index (χ2v) is 20.9. The van der Waals surface area contributed by atoms with Crippen molar-refractivity contribution in [3.8, 4) is 0 Å². The molecule has 0 aliphatic carbocycles. The van der Waals surface area contributed by atoms with E-state index in [1.165, 1.54) is 65.6 Å². The van der Waals surface area contributed by atoms with E-state index in [9.17, 15) is 0 Å². The Morgan fingerprint density at radius 3 is 1.24 bits per heavy atom. The zero-order chi connectivity index (χ0) is 26.2. The molecule has 0 aromatic heterocycles. The molecule has 0 bridgehead atoms. The topological polar surface area (TPSA) is 0 Å². The molecule has 0 radical (unpaired) electrons. The van der Waals surface area contributed by atoms with Crippen molar-refractivity contribution in [2.45, 2.75) is 0 Å². The first-order valence-corrected chi connectivity index (χ1v) is 22.7. The molecule has 6 rings (SSSR count). The molecule has 4 aliphatic rings. The molecule has 2 aromatic rings. The highest BCUT2D eigenvalue weighted by Gasteiger charge is 2.29. The molecule has 2 aromatic carbocycles. The normalized spacial score (nSPS) is 20.1. The second-order valence-electron chi connectivity index (χ2n) is 7.64. The van der Waals surface area contributed by atoms with Gasteiger partial charge in [0.2, 0.25) is 0 Å². The van der Waals surface area contributed by atoms with Gasteiger partial charge in [-0.25, -0.2) is 0 Å². The van der Waals surface area contributed by atoms with Crippen LogP contribution in [0.4, 0.5) is 0 Å². The Hall–Kier alpha value is 1.34. The lowest BCUT2D eigenvalue weighted by molar-refractivity contribution is 1.68. The van der Waals surface area contributed by atoms with Crippen molar-refractivity contribution < 1.29 is 0 Å². The van der Waals surface area contributed by atoms with Gasteiger partial charge < -0.3 is 0 Å². The summed E-state index contributed by atoms with van der Waals surface area (Å²) in [5.41, 5.74) is 2.69. The molecule has 0 nitrogen and oxygen atoms in total. The van der Waals surface area contributed by atoms with Gasteiger partial charge in [-0.1, -0.05) is 130 Å². The van der Waals surface area contributed by atoms with Crippen molar-refractivity contribution in [1.82, 2.24) is 0 Å². The van der Waals surface area contributed by atoms with Crippen LogP contribution in [0, 0.1) is 0 Å². The molecule has 0 spiro atoms. The minimum absolute atomic E-state index is 1.31. The van der Waals surface area contributed by atoms with Crippen LogP contribution in [-0.4, -0.2) is 25.0 Å². The SMILES string of the molecule is CSC1=C(SC)SC(=C2SC=C(c3cccc4cccc(C5=CSC(=C6SC(SC)=C(SC)S6)S5)c34)S2)S1. The van der Waals surface area contributed by atoms with Crippen LogP contribution in [-0.2, 0) is 0 Å². The average Bonchev–Trinajstić information content (AvgIpc) is 3.76. The van der Waals surface area contributed by atoms with Crippen LogP contribution in [0.3, 0.4) is 0 Å². The zero-order valence-corrected chi connectivity index (χ0v) is 30.3. The fourth-order valence-corrected chi connectivity index (χ4v) is 19.2. The number of rotatable bonds is 6. The van der Waals surface area contributed by atoms with E-state index in [2.05, 4.69) is 72.2 Å². The molecular weight excluding hydrogens is 697 g/mol. The number of fused-ring (bicyclic) bond motifs is 1. The minimum Gasteiger partial charge on any atom is -0.121 e. The Kier molecular flexibility index (Phi) is 10.3. The summed E-state index contributed by atoms with van der Waals surface area (Å²) < 4.78 is 11.4. The van der Waals surface area contributed by atoms with Crippen molar-refractivity contribution in [1.29, 1.82) is 0 Å². The molecule has 0 N–H and O–H groups in total. The van der Waals surface area contributed by atoms with E-state index in [1.807, 2.05) is 141 Å². The van der Waals surface area contributed by atoms with E-state index in [4.69, 9.17) is 0 Å². The summed E-state index contributed by atoms with van der Waals surface area (Å²) in [5.74, 6) is 0. The number of thioether (sulfide) groups is 12. The molecule has 4 heterocycles. The quantitative estimate of drug-likeness (QED) is 0.279. The summed E-state index contributed by atoms with van der Waals surface area (Å²) >= 11 is 22.9.